The van der Waals surface area contributed by atoms with Gasteiger partial charge in [0, 0.05) is 35.2 Å². The molecular weight excluding hydrogens is 448 g/mol. The molecule has 0 fully saturated rings. The van der Waals surface area contributed by atoms with Gasteiger partial charge < -0.3 is 4.90 Å². The van der Waals surface area contributed by atoms with Crippen molar-refractivity contribution >= 4 is 38.6 Å². The van der Waals surface area contributed by atoms with Gasteiger partial charge in [0.05, 0.1) is 16.5 Å². The van der Waals surface area contributed by atoms with Gasteiger partial charge in [-0.2, -0.15) is 4.58 Å². The van der Waals surface area contributed by atoms with Crippen molar-refractivity contribution in [1.29, 1.82) is 0 Å². The van der Waals surface area contributed by atoms with Crippen molar-refractivity contribution < 1.29 is 4.58 Å². The van der Waals surface area contributed by atoms with E-state index in [-0.39, 0.29) is 10.8 Å². The van der Waals surface area contributed by atoms with Crippen LogP contribution in [0.4, 0.5) is 11.4 Å². The molecule has 2 aliphatic heterocycles. The van der Waals surface area contributed by atoms with E-state index in [1.165, 1.54) is 55.5 Å². The minimum atomic E-state index is -0.0483. The van der Waals surface area contributed by atoms with E-state index in [1.54, 1.807) is 0 Å². The minimum Gasteiger partial charge on any atom is -0.347 e. The maximum atomic E-state index is 2.37. The molecule has 6 rings (SSSR count). The molecule has 4 aromatic rings. The summed E-state index contributed by atoms with van der Waals surface area (Å²) in [5, 5.41) is 5.21. The van der Waals surface area contributed by atoms with E-state index in [1.807, 2.05) is 0 Å². The second kappa shape index (κ2) is 8.31. The average Bonchev–Trinajstić information content (AvgIpc) is 3.21. The Balaban J connectivity index is 1.31. The standard InChI is InChI=1S/C35H35N2/c1-34(2)28-22-20-24-14-10-12-16-26(24)32(28)36(5)30(34)18-8-7-9-19-31-35(3,4)29-23-21-25-15-11-13-17-27(25)33(29)37(31)6/h7-23H,1-6H3/q+1. The van der Waals surface area contributed by atoms with Crippen LogP contribution < -0.4 is 4.90 Å². The number of likely N-dealkylation sites (N-methyl/N-ethyl adjacent to an activating group) is 1. The first kappa shape index (κ1) is 23.5. The highest BCUT2D eigenvalue weighted by atomic mass is 15.2. The molecule has 37 heavy (non-hydrogen) atoms. The molecule has 4 aromatic carbocycles. The molecule has 0 bridgehead atoms. The average molecular weight is 484 g/mol. The number of anilines is 1. The Morgan fingerprint density at radius 1 is 0.676 bits per heavy atom. The second-order valence-corrected chi connectivity index (χ2v) is 11.4. The largest absolute Gasteiger partial charge is 0.347 e. The van der Waals surface area contributed by atoms with Gasteiger partial charge in [-0.1, -0.05) is 98.8 Å². The number of fused-ring (bicyclic) bond motifs is 6. The van der Waals surface area contributed by atoms with Gasteiger partial charge in [0.15, 0.2) is 5.71 Å². The van der Waals surface area contributed by atoms with Crippen molar-refractivity contribution in [1.82, 2.24) is 0 Å². The smallest absolute Gasteiger partial charge is 0.217 e. The number of hydrogen-bond acceptors (Lipinski definition) is 1. The van der Waals surface area contributed by atoms with Gasteiger partial charge in [0.2, 0.25) is 5.69 Å². The quantitative estimate of drug-likeness (QED) is 0.209. The fraction of sp³-hybridized carbons (Fsp3) is 0.229. The van der Waals surface area contributed by atoms with Crippen LogP contribution in [-0.2, 0) is 10.8 Å². The van der Waals surface area contributed by atoms with Gasteiger partial charge in [0.1, 0.15) is 7.05 Å². The molecule has 2 heteroatoms. The summed E-state index contributed by atoms with van der Waals surface area (Å²) in [6, 6.07) is 26.5. The topological polar surface area (TPSA) is 6.25 Å². The van der Waals surface area contributed by atoms with Crippen LogP contribution in [0.2, 0.25) is 0 Å². The van der Waals surface area contributed by atoms with Gasteiger partial charge in [-0.15, -0.1) is 0 Å². The number of nitrogens with zero attached hydrogens (tertiary/aromatic N) is 2. The monoisotopic (exact) mass is 483 g/mol. The van der Waals surface area contributed by atoms with Gasteiger partial charge in [0.25, 0.3) is 0 Å². The molecule has 0 aliphatic carbocycles. The van der Waals surface area contributed by atoms with Gasteiger partial charge in [-0.25, -0.2) is 0 Å². The van der Waals surface area contributed by atoms with E-state index in [4.69, 9.17) is 0 Å². The van der Waals surface area contributed by atoms with E-state index >= 15 is 0 Å². The molecule has 0 saturated heterocycles. The molecule has 184 valence electrons. The summed E-state index contributed by atoms with van der Waals surface area (Å²) in [6.07, 6.45) is 11.1. The zero-order valence-corrected chi connectivity index (χ0v) is 22.7. The van der Waals surface area contributed by atoms with Crippen LogP contribution in [0.1, 0.15) is 38.8 Å². The van der Waals surface area contributed by atoms with Crippen LogP contribution in [0.3, 0.4) is 0 Å². The zero-order chi connectivity index (χ0) is 25.9. The van der Waals surface area contributed by atoms with E-state index in [2.05, 4.69) is 154 Å². The molecule has 0 atom stereocenters. The predicted octanol–water partition coefficient (Wildman–Crippen LogP) is 8.42. The lowest BCUT2D eigenvalue weighted by Gasteiger charge is -2.23. The Morgan fingerprint density at radius 2 is 1.30 bits per heavy atom. The van der Waals surface area contributed by atoms with E-state index in [0.29, 0.717) is 0 Å². The molecule has 0 unspecified atom stereocenters. The number of rotatable bonds is 3. The van der Waals surface area contributed by atoms with Crippen LogP contribution >= 0.6 is 0 Å². The molecule has 0 aromatic heterocycles. The summed E-state index contributed by atoms with van der Waals surface area (Å²) < 4.78 is 2.37. The number of benzene rings is 4. The highest BCUT2D eigenvalue weighted by Crippen LogP contribution is 2.50. The van der Waals surface area contributed by atoms with Crippen molar-refractivity contribution in [3.8, 4) is 0 Å². The third-order valence-electron chi connectivity index (χ3n) is 8.55. The zero-order valence-electron chi connectivity index (χ0n) is 22.7. The molecule has 0 amide bonds. The fourth-order valence-electron chi connectivity index (χ4n) is 6.59. The highest BCUT2D eigenvalue weighted by Gasteiger charge is 2.43. The summed E-state index contributed by atoms with van der Waals surface area (Å²) >= 11 is 0. The summed E-state index contributed by atoms with van der Waals surface area (Å²) in [5.41, 5.74) is 7.96. The molecule has 0 N–H and O–H groups in total. The van der Waals surface area contributed by atoms with Crippen LogP contribution in [0, 0.1) is 0 Å². The molecule has 2 aliphatic rings. The van der Waals surface area contributed by atoms with Gasteiger partial charge in [-0.05, 0) is 42.3 Å². The summed E-state index contributed by atoms with van der Waals surface area (Å²) in [7, 11) is 4.39. The van der Waals surface area contributed by atoms with Crippen molar-refractivity contribution in [2.75, 3.05) is 19.0 Å². The number of hydrogen-bond donors (Lipinski definition) is 0. The van der Waals surface area contributed by atoms with Crippen LogP contribution in [0.15, 0.2) is 109 Å². The van der Waals surface area contributed by atoms with Gasteiger partial charge >= 0.3 is 0 Å². The van der Waals surface area contributed by atoms with Crippen LogP contribution in [-0.4, -0.2) is 24.4 Å². The lowest BCUT2D eigenvalue weighted by molar-refractivity contribution is -0.399. The van der Waals surface area contributed by atoms with Crippen molar-refractivity contribution in [3.05, 3.63) is 120 Å². The normalized spacial score (nSPS) is 19.2. The SMILES string of the molecule is CN1C(=CC=CC=CC2=[N+](C)c3c(ccc4ccccc34)C2(C)C)C(C)(C)c2ccc3ccccc3c21. The van der Waals surface area contributed by atoms with Crippen LogP contribution in [0.25, 0.3) is 21.5 Å². The third kappa shape index (κ3) is 3.43. The lowest BCUT2D eigenvalue weighted by atomic mass is 9.80. The predicted molar refractivity (Wildman–Crippen MR) is 160 cm³/mol. The Hall–Kier alpha value is -3.91. The van der Waals surface area contributed by atoms with E-state index < -0.39 is 0 Å². The Morgan fingerprint density at radius 3 is 2.03 bits per heavy atom. The highest BCUT2D eigenvalue weighted by molar-refractivity contribution is 6.07. The Kier molecular flexibility index (Phi) is 5.28. The summed E-state index contributed by atoms with van der Waals surface area (Å²) in [4.78, 5) is 2.37. The number of allylic oxidation sites excluding steroid dienone is 6. The van der Waals surface area contributed by atoms with E-state index in [0.717, 1.165) is 0 Å². The lowest BCUT2D eigenvalue weighted by Crippen LogP contribution is -2.26. The fourth-order valence-corrected chi connectivity index (χ4v) is 6.59. The Labute approximate surface area is 220 Å². The molecular formula is C35H35N2+. The first-order chi connectivity index (χ1) is 17.7. The van der Waals surface area contributed by atoms with Crippen molar-refractivity contribution in [2.24, 2.45) is 0 Å². The van der Waals surface area contributed by atoms with Gasteiger partial charge in [-0.3, -0.25) is 0 Å². The summed E-state index contributed by atoms with van der Waals surface area (Å²) in [5.74, 6) is 0. The Bertz CT molecular complexity index is 1690. The summed E-state index contributed by atoms with van der Waals surface area (Å²) in [6.45, 7) is 9.31. The van der Waals surface area contributed by atoms with E-state index in [9.17, 15) is 0 Å². The minimum absolute atomic E-state index is 0.0483. The molecule has 2 nitrogen and oxygen atoms in total. The van der Waals surface area contributed by atoms with Crippen LogP contribution in [0.5, 0.6) is 0 Å². The second-order valence-electron chi connectivity index (χ2n) is 11.4. The third-order valence-corrected chi connectivity index (χ3v) is 8.55. The molecule has 0 spiro atoms. The first-order valence-corrected chi connectivity index (χ1v) is 13.2. The molecule has 0 radical (unpaired) electrons. The van der Waals surface area contributed by atoms with Crippen molar-refractivity contribution in [3.63, 3.8) is 0 Å². The maximum Gasteiger partial charge on any atom is 0.217 e. The molecule has 0 saturated carbocycles. The molecule has 2 heterocycles. The maximum absolute atomic E-state index is 2.37. The first-order valence-electron chi connectivity index (χ1n) is 13.2. The van der Waals surface area contributed by atoms with Crippen molar-refractivity contribution in [2.45, 2.75) is 38.5 Å².